The number of hydrogen-bond donors (Lipinski definition) is 2. The molecule has 0 unspecified atom stereocenters. The van der Waals surface area contributed by atoms with E-state index in [1.54, 1.807) is 0 Å². The number of halogens is 5. The van der Waals surface area contributed by atoms with E-state index in [2.05, 4.69) is 10.4 Å². The first-order valence-corrected chi connectivity index (χ1v) is 9.61. The van der Waals surface area contributed by atoms with E-state index in [0.29, 0.717) is 0 Å². The van der Waals surface area contributed by atoms with Crippen LogP contribution in [0.4, 0.5) is 27.6 Å². The van der Waals surface area contributed by atoms with Crippen molar-refractivity contribution in [3.05, 3.63) is 46.8 Å². The van der Waals surface area contributed by atoms with E-state index in [4.69, 9.17) is 5.73 Å². The van der Waals surface area contributed by atoms with Gasteiger partial charge in [-0.1, -0.05) is 6.07 Å². The van der Waals surface area contributed by atoms with Crippen molar-refractivity contribution in [1.29, 1.82) is 0 Å². The van der Waals surface area contributed by atoms with Gasteiger partial charge in [-0.2, -0.15) is 18.3 Å². The molecule has 0 aliphatic heterocycles. The Morgan fingerprint density at radius 1 is 1.26 bits per heavy atom. The summed E-state index contributed by atoms with van der Waals surface area (Å²) in [7, 11) is 0. The monoisotopic (exact) mass is 444 g/mol. The first kappa shape index (κ1) is 22.7. The predicted molar refractivity (Wildman–Crippen MR) is 102 cm³/mol. The van der Waals surface area contributed by atoms with Crippen molar-refractivity contribution in [1.82, 2.24) is 9.78 Å². The van der Waals surface area contributed by atoms with E-state index in [1.807, 2.05) is 0 Å². The van der Waals surface area contributed by atoms with Gasteiger partial charge in [-0.05, 0) is 43.9 Å². The van der Waals surface area contributed by atoms with Gasteiger partial charge in [-0.15, -0.1) is 0 Å². The summed E-state index contributed by atoms with van der Waals surface area (Å²) in [5, 5.41) is 6.23. The topological polar surface area (TPSA) is 90.0 Å². The standard InChI is InChI=1S/C20H21F5N4O2/c1-11-15(20(23,24)25)16(18(31)27-14-4-2-3-13(9-14)17(26)30)29(28-11)10-12-5-7-19(21,22)8-6-12/h2-4,9,12H,5-8,10H2,1H3,(H2,26,30)(H,27,31). The molecule has 31 heavy (non-hydrogen) atoms. The summed E-state index contributed by atoms with van der Waals surface area (Å²) in [4.78, 5) is 24.1. The number of hydrogen-bond acceptors (Lipinski definition) is 3. The SMILES string of the molecule is Cc1nn(CC2CCC(F)(F)CC2)c(C(=O)Nc2cccc(C(N)=O)c2)c1C(F)(F)F. The molecule has 0 saturated heterocycles. The Morgan fingerprint density at radius 2 is 1.90 bits per heavy atom. The maximum absolute atomic E-state index is 13.7. The van der Waals surface area contributed by atoms with Gasteiger partial charge in [-0.3, -0.25) is 14.3 Å². The Bertz CT molecular complexity index is 990. The summed E-state index contributed by atoms with van der Waals surface area (Å²) in [5.74, 6) is -4.94. The van der Waals surface area contributed by atoms with Gasteiger partial charge >= 0.3 is 6.18 Å². The molecule has 1 saturated carbocycles. The zero-order chi connectivity index (χ0) is 23.0. The molecule has 1 heterocycles. The second-order valence-electron chi connectivity index (χ2n) is 7.69. The van der Waals surface area contributed by atoms with Gasteiger partial charge in [0.2, 0.25) is 11.8 Å². The van der Waals surface area contributed by atoms with Crippen LogP contribution in [0.1, 0.15) is 57.8 Å². The lowest BCUT2D eigenvalue weighted by Crippen LogP contribution is -2.29. The summed E-state index contributed by atoms with van der Waals surface area (Å²) < 4.78 is 68.8. The lowest BCUT2D eigenvalue weighted by Gasteiger charge is -2.28. The van der Waals surface area contributed by atoms with Crippen LogP contribution in [0.15, 0.2) is 24.3 Å². The fourth-order valence-electron chi connectivity index (χ4n) is 3.75. The molecule has 1 aromatic heterocycles. The number of carbonyl (C=O) groups is 2. The molecule has 1 aliphatic carbocycles. The molecule has 0 spiro atoms. The van der Waals surface area contributed by atoms with Gasteiger partial charge < -0.3 is 11.1 Å². The predicted octanol–water partition coefficient (Wildman–Crippen LogP) is 4.39. The van der Waals surface area contributed by atoms with E-state index in [-0.39, 0.29) is 55.1 Å². The molecule has 3 N–H and O–H groups in total. The highest BCUT2D eigenvalue weighted by Crippen LogP contribution is 2.39. The zero-order valence-corrected chi connectivity index (χ0v) is 16.6. The average Bonchev–Trinajstić information content (AvgIpc) is 3.00. The number of rotatable bonds is 5. The number of nitrogens with one attached hydrogen (secondary N) is 1. The van der Waals surface area contributed by atoms with Gasteiger partial charge in [0.15, 0.2) is 0 Å². The largest absolute Gasteiger partial charge is 0.420 e. The Morgan fingerprint density at radius 3 is 2.48 bits per heavy atom. The number of anilines is 1. The summed E-state index contributed by atoms with van der Waals surface area (Å²) in [6.07, 6.45) is -5.31. The summed E-state index contributed by atoms with van der Waals surface area (Å²) in [5.41, 5.74) is 3.07. The highest BCUT2D eigenvalue weighted by molar-refractivity contribution is 6.05. The van der Waals surface area contributed by atoms with Crippen molar-refractivity contribution in [3.8, 4) is 0 Å². The van der Waals surface area contributed by atoms with Crippen LogP contribution in [-0.4, -0.2) is 27.5 Å². The molecular formula is C20H21F5N4O2. The molecular weight excluding hydrogens is 423 g/mol. The van der Waals surface area contributed by atoms with Gasteiger partial charge in [-0.25, -0.2) is 8.78 Å². The molecule has 1 aromatic carbocycles. The number of alkyl halides is 5. The number of benzene rings is 1. The smallest absolute Gasteiger partial charge is 0.366 e. The van der Waals surface area contributed by atoms with Crippen LogP contribution >= 0.6 is 0 Å². The van der Waals surface area contributed by atoms with Crippen molar-refractivity contribution in [2.75, 3.05) is 5.32 Å². The van der Waals surface area contributed by atoms with Crippen LogP contribution in [0.25, 0.3) is 0 Å². The van der Waals surface area contributed by atoms with Gasteiger partial charge in [0.1, 0.15) is 11.3 Å². The van der Waals surface area contributed by atoms with Crippen LogP contribution in [0.5, 0.6) is 0 Å². The van der Waals surface area contributed by atoms with Crippen LogP contribution in [-0.2, 0) is 12.7 Å². The molecule has 0 atom stereocenters. The van der Waals surface area contributed by atoms with Crippen LogP contribution in [0.3, 0.4) is 0 Å². The second kappa shape index (κ2) is 8.27. The van der Waals surface area contributed by atoms with Crippen LogP contribution in [0, 0.1) is 12.8 Å². The Kier molecular flexibility index (Phi) is 6.06. The maximum atomic E-state index is 13.7. The zero-order valence-electron chi connectivity index (χ0n) is 16.6. The average molecular weight is 444 g/mol. The summed E-state index contributed by atoms with van der Waals surface area (Å²) in [6, 6.07) is 5.45. The minimum atomic E-state index is -4.84. The molecule has 11 heteroatoms. The molecule has 2 aromatic rings. The van der Waals surface area contributed by atoms with Crippen molar-refractivity contribution in [3.63, 3.8) is 0 Å². The van der Waals surface area contributed by atoms with E-state index in [1.165, 1.54) is 24.3 Å². The van der Waals surface area contributed by atoms with Crippen molar-refractivity contribution < 1.29 is 31.5 Å². The summed E-state index contributed by atoms with van der Waals surface area (Å²) in [6.45, 7) is 1.05. The number of nitrogens with zero attached hydrogens (tertiary/aromatic N) is 2. The van der Waals surface area contributed by atoms with Gasteiger partial charge in [0.05, 0.1) is 5.69 Å². The van der Waals surface area contributed by atoms with Gasteiger partial charge in [0.25, 0.3) is 5.91 Å². The fourth-order valence-corrected chi connectivity index (χ4v) is 3.75. The van der Waals surface area contributed by atoms with Gasteiger partial charge in [0, 0.05) is 30.6 Å². The highest BCUT2D eigenvalue weighted by Gasteiger charge is 2.42. The minimum absolute atomic E-state index is 0.0710. The maximum Gasteiger partial charge on any atom is 0.420 e. The molecule has 168 valence electrons. The number of aromatic nitrogens is 2. The van der Waals surface area contributed by atoms with Crippen molar-refractivity contribution >= 4 is 17.5 Å². The third kappa shape index (κ3) is 5.20. The first-order chi connectivity index (χ1) is 14.4. The number of primary amides is 1. The fraction of sp³-hybridized carbons (Fsp3) is 0.450. The van der Waals surface area contributed by atoms with Crippen LogP contribution in [0.2, 0.25) is 0 Å². The van der Waals surface area contributed by atoms with E-state index < -0.39 is 35.2 Å². The lowest BCUT2D eigenvalue weighted by molar-refractivity contribution is -0.138. The van der Waals surface area contributed by atoms with E-state index in [9.17, 15) is 31.5 Å². The van der Waals surface area contributed by atoms with E-state index >= 15 is 0 Å². The minimum Gasteiger partial charge on any atom is -0.366 e. The highest BCUT2D eigenvalue weighted by atomic mass is 19.4. The number of nitrogens with two attached hydrogens (primary N) is 1. The van der Waals surface area contributed by atoms with Crippen LogP contribution < -0.4 is 11.1 Å². The quantitative estimate of drug-likeness (QED) is 0.671. The first-order valence-electron chi connectivity index (χ1n) is 9.61. The Hall–Kier alpha value is -2.98. The number of carbonyl (C=O) groups excluding carboxylic acids is 2. The Balaban J connectivity index is 1.92. The number of aryl methyl sites for hydroxylation is 1. The Labute approximate surface area is 174 Å². The van der Waals surface area contributed by atoms with Crippen molar-refractivity contribution in [2.45, 2.75) is 51.3 Å². The van der Waals surface area contributed by atoms with E-state index in [0.717, 1.165) is 11.6 Å². The second-order valence-corrected chi connectivity index (χ2v) is 7.69. The van der Waals surface area contributed by atoms with Crippen molar-refractivity contribution in [2.24, 2.45) is 11.7 Å². The number of amides is 2. The molecule has 1 aliphatic rings. The molecule has 2 amide bonds. The molecule has 1 fully saturated rings. The summed E-state index contributed by atoms with van der Waals surface area (Å²) >= 11 is 0. The third-order valence-corrected chi connectivity index (χ3v) is 5.30. The normalized spacial score (nSPS) is 16.8. The molecule has 3 rings (SSSR count). The molecule has 6 nitrogen and oxygen atoms in total. The molecule has 0 bridgehead atoms. The molecule has 0 radical (unpaired) electrons. The third-order valence-electron chi connectivity index (χ3n) is 5.30. The lowest BCUT2D eigenvalue weighted by atomic mass is 9.87.